The molecule has 0 bridgehead atoms. The van der Waals surface area contributed by atoms with Crippen LogP contribution in [0.4, 0.5) is 8.78 Å². The molecule has 108 valence electrons. The molecule has 0 N–H and O–H groups in total. The largest absolute Gasteiger partial charge is 0.451 e. The number of alkyl halides is 3. The van der Waals surface area contributed by atoms with Gasteiger partial charge in [0.05, 0.1) is 6.54 Å². The molecule has 0 atom stereocenters. The molecular weight excluding hydrogens is 332 g/mol. The Morgan fingerprint density at radius 3 is 2.80 bits per heavy atom. The third-order valence-corrected chi connectivity index (χ3v) is 3.24. The van der Waals surface area contributed by atoms with Crippen LogP contribution in [0.3, 0.4) is 0 Å². The van der Waals surface area contributed by atoms with Gasteiger partial charge in [-0.3, -0.25) is 4.79 Å². The van der Waals surface area contributed by atoms with Crippen LogP contribution in [0.15, 0.2) is 28.7 Å². The third kappa shape index (κ3) is 3.36. The zero-order chi connectivity index (χ0) is 14.7. The lowest BCUT2D eigenvalue weighted by molar-refractivity contribution is 0.0547. The number of rotatable bonds is 5. The number of amides is 1. The van der Waals surface area contributed by atoms with Gasteiger partial charge >= 0.3 is 0 Å². The molecule has 0 aliphatic rings. The molecule has 0 radical (unpaired) electrons. The molecule has 3 nitrogen and oxygen atoms in total. The highest BCUT2D eigenvalue weighted by Crippen LogP contribution is 2.22. The number of hydrogen-bond acceptors (Lipinski definition) is 2. The second kappa shape index (κ2) is 6.35. The van der Waals surface area contributed by atoms with E-state index in [-0.39, 0.29) is 12.3 Å². The van der Waals surface area contributed by atoms with E-state index in [1.807, 2.05) is 19.1 Å². The van der Waals surface area contributed by atoms with Crippen LogP contribution < -0.4 is 0 Å². The normalized spacial score (nSPS) is 11.2. The second-order valence-corrected chi connectivity index (χ2v) is 5.28. The molecule has 0 aliphatic heterocycles. The summed E-state index contributed by atoms with van der Waals surface area (Å²) in [6, 6.07) is 7.12. The molecular formula is C14H14BrF2NO2. The molecule has 0 spiro atoms. The van der Waals surface area contributed by atoms with E-state index in [9.17, 15) is 13.6 Å². The van der Waals surface area contributed by atoms with Crippen LogP contribution in [-0.2, 0) is 0 Å². The van der Waals surface area contributed by atoms with Crippen molar-refractivity contribution in [1.29, 1.82) is 0 Å². The van der Waals surface area contributed by atoms with Crippen molar-refractivity contribution in [2.75, 3.05) is 18.4 Å². The predicted octanol–water partition coefficient (Wildman–Crippen LogP) is 3.84. The summed E-state index contributed by atoms with van der Waals surface area (Å²) in [5, 5.41) is 1.23. The number of carbonyl (C=O) groups excluding carboxylic acids is 1. The maximum absolute atomic E-state index is 12.5. The van der Waals surface area contributed by atoms with Gasteiger partial charge in [0.25, 0.3) is 12.3 Å². The molecule has 0 fully saturated rings. The van der Waals surface area contributed by atoms with Gasteiger partial charge < -0.3 is 9.32 Å². The molecule has 2 rings (SSSR count). The Morgan fingerprint density at radius 1 is 1.40 bits per heavy atom. The average molecular weight is 346 g/mol. The number of nitrogens with zero attached hydrogens (tertiary/aromatic N) is 1. The number of halogens is 3. The van der Waals surface area contributed by atoms with Gasteiger partial charge in [-0.1, -0.05) is 27.6 Å². The van der Waals surface area contributed by atoms with Gasteiger partial charge in [0.2, 0.25) is 0 Å². The minimum atomic E-state index is -2.57. The highest BCUT2D eigenvalue weighted by molar-refractivity contribution is 9.09. The average Bonchev–Trinajstić information content (AvgIpc) is 2.79. The minimum absolute atomic E-state index is 0.0900. The van der Waals surface area contributed by atoms with Gasteiger partial charge in [0, 0.05) is 17.3 Å². The number of furan rings is 1. The Hall–Kier alpha value is -1.43. The fraction of sp³-hybridized carbons (Fsp3) is 0.357. The molecule has 0 saturated heterocycles. The van der Waals surface area contributed by atoms with Crippen LogP contribution in [0.25, 0.3) is 11.0 Å². The first-order chi connectivity index (χ1) is 9.51. The molecule has 1 aromatic heterocycles. The van der Waals surface area contributed by atoms with Crippen molar-refractivity contribution >= 4 is 32.8 Å². The molecule has 1 heterocycles. The van der Waals surface area contributed by atoms with Crippen molar-refractivity contribution in [3.8, 4) is 0 Å². The summed E-state index contributed by atoms with van der Waals surface area (Å²) in [6.45, 7) is 1.54. The zero-order valence-electron chi connectivity index (χ0n) is 10.9. The van der Waals surface area contributed by atoms with E-state index in [2.05, 4.69) is 15.9 Å². The summed E-state index contributed by atoms with van der Waals surface area (Å²) in [5.74, 6) is -0.425. The van der Waals surface area contributed by atoms with Crippen LogP contribution in [0, 0.1) is 6.92 Å². The summed E-state index contributed by atoms with van der Waals surface area (Å²) in [4.78, 5) is 13.3. The maximum Gasteiger partial charge on any atom is 0.289 e. The Labute approximate surface area is 123 Å². The molecule has 6 heteroatoms. The summed E-state index contributed by atoms with van der Waals surface area (Å²) >= 11 is 3.16. The topological polar surface area (TPSA) is 33.5 Å². The lowest BCUT2D eigenvalue weighted by atomic mass is 10.2. The highest BCUT2D eigenvalue weighted by Gasteiger charge is 2.22. The second-order valence-electron chi connectivity index (χ2n) is 4.48. The molecule has 2 aromatic rings. The smallest absolute Gasteiger partial charge is 0.289 e. The van der Waals surface area contributed by atoms with Gasteiger partial charge in [0.1, 0.15) is 5.58 Å². The van der Waals surface area contributed by atoms with Crippen LogP contribution in [-0.4, -0.2) is 35.7 Å². The Kier molecular flexibility index (Phi) is 4.75. The number of carbonyl (C=O) groups is 1. The van der Waals surface area contributed by atoms with Crippen molar-refractivity contribution in [3.05, 3.63) is 35.6 Å². The molecule has 1 aromatic carbocycles. The van der Waals surface area contributed by atoms with Crippen LogP contribution in [0.5, 0.6) is 0 Å². The Balaban J connectivity index is 2.28. The Morgan fingerprint density at radius 2 is 2.15 bits per heavy atom. The van der Waals surface area contributed by atoms with E-state index in [1.165, 1.54) is 0 Å². The van der Waals surface area contributed by atoms with E-state index in [4.69, 9.17) is 4.42 Å². The third-order valence-electron chi connectivity index (χ3n) is 2.88. The van der Waals surface area contributed by atoms with E-state index < -0.39 is 18.9 Å². The van der Waals surface area contributed by atoms with Crippen molar-refractivity contribution in [3.63, 3.8) is 0 Å². The highest BCUT2D eigenvalue weighted by atomic mass is 79.9. The SMILES string of the molecule is Cc1ccc2oc(C(=O)N(CCBr)CC(F)F)cc2c1. The number of fused-ring (bicyclic) bond motifs is 1. The van der Waals surface area contributed by atoms with Gasteiger partial charge in [-0.05, 0) is 25.1 Å². The van der Waals surface area contributed by atoms with Gasteiger partial charge in [0.15, 0.2) is 5.76 Å². The quantitative estimate of drug-likeness (QED) is 0.771. The van der Waals surface area contributed by atoms with Crippen molar-refractivity contribution in [1.82, 2.24) is 4.90 Å². The van der Waals surface area contributed by atoms with Gasteiger partial charge in [-0.25, -0.2) is 8.78 Å². The number of hydrogen-bond donors (Lipinski definition) is 0. The summed E-state index contributed by atoms with van der Waals surface area (Å²) in [7, 11) is 0. The molecule has 0 unspecified atom stereocenters. The number of aryl methyl sites for hydroxylation is 1. The van der Waals surface area contributed by atoms with Crippen molar-refractivity contribution in [2.45, 2.75) is 13.3 Å². The molecule has 1 amide bonds. The first-order valence-electron chi connectivity index (χ1n) is 6.15. The standard InChI is InChI=1S/C14H14BrF2NO2/c1-9-2-3-11-10(6-9)7-12(20-11)14(19)18(5-4-15)8-13(16)17/h2-3,6-7,13H,4-5,8H2,1H3. The van der Waals surface area contributed by atoms with E-state index >= 15 is 0 Å². The molecule has 0 saturated carbocycles. The van der Waals surface area contributed by atoms with Crippen molar-refractivity contribution < 1.29 is 18.0 Å². The lowest BCUT2D eigenvalue weighted by Gasteiger charge is -2.19. The fourth-order valence-corrected chi connectivity index (χ4v) is 2.40. The van der Waals surface area contributed by atoms with E-state index in [1.54, 1.807) is 12.1 Å². The van der Waals surface area contributed by atoms with Crippen molar-refractivity contribution in [2.24, 2.45) is 0 Å². The summed E-state index contributed by atoms with van der Waals surface area (Å²) in [5.41, 5.74) is 1.62. The van der Waals surface area contributed by atoms with Crippen LogP contribution in [0.1, 0.15) is 16.1 Å². The van der Waals surface area contributed by atoms with Crippen LogP contribution in [0.2, 0.25) is 0 Å². The number of benzene rings is 1. The van der Waals surface area contributed by atoms with E-state index in [0.29, 0.717) is 10.9 Å². The first kappa shape index (κ1) is 15.0. The first-order valence-corrected chi connectivity index (χ1v) is 7.27. The zero-order valence-corrected chi connectivity index (χ0v) is 12.5. The lowest BCUT2D eigenvalue weighted by Crippen LogP contribution is -2.36. The summed E-state index contributed by atoms with van der Waals surface area (Å²) < 4.78 is 30.4. The Bertz CT molecular complexity index is 612. The van der Waals surface area contributed by atoms with Crippen LogP contribution >= 0.6 is 15.9 Å². The summed E-state index contributed by atoms with van der Waals surface area (Å²) in [6.07, 6.45) is -2.57. The monoisotopic (exact) mass is 345 g/mol. The van der Waals surface area contributed by atoms with Gasteiger partial charge in [-0.15, -0.1) is 0 Å². The van der Waals surface area contributed by atoms with E-state index in [0.717, 1.165) is 15.8 Å². The maximum atomic E-state index is 12.5. The fourth-order valence-electron chi connectivity index (χ4n) is 1.97. The molecule has 20 heavy (non-hydrogen) atoms. The predicted molar refractivity (Wildman–Crippen MR) is 76.7 cm³/mol. The minimum Gasteiger partial charge on any atom is -0.451 e. The van der Waals surface area contributed by atoms with Gasteiger partial charge in [-0.2, -0.15) is 0 Å². The molecule has 0 aliphatic carbocycles.